The topological polar surface area (TPSA) is 150 Å². The van der Waals surface area contributed by atoms with Crippen molar-refractivity contribution >= 4 is 11.0 Å². The van der Waals surface area contributed by atoms with Gasteiger partial charge >= 0.3 is 0 Å². The Kier molecular flexibility index (Phi) is 4.91. The number of phenolic OH excluding ortho intramolecular Hbond substituents is 1. The maximum Gasteiger partial charge on any atom is 0.196 e. The van der Waals surface area contributed by atoms with Gasteiger partial charge in [0.25, 0.3) is 0 Å². The largest absolute Gasteiger partial charge is 0.507 e. The number of aryl methyl sites for hydroxylation is 1. The van der Waals surface area contributed by atoms with Crippen LogP contribution in [0.5, 0.6) is 11.5 Å². The van der Waals surface area contributed by atoms with Crippen LogP contribution in [0.4, 0.5) is 0 Å². The fraction of sp³-hybridized carbons (Fsp3) is 0.471. The highest BCUT2D eigenvalue weighted by Crippen LogP contribution is 2.43. The number of fused-ring (bicyclic) bond motifs is 1. The van der Waals surface area contributed by atoms with Gasteiger partial charge in [-0.1, -0.05) is 0 Å². The molecule has 3 rings (SSSR count). The van der Waals surface area contributed by atoms with E-state index in [9.17, 15) is 30.3 Å². The molecule has 0 radical (unpaired) electrons. The Morgan fingerprint density at radius 1 is 1.15 bits per heavy atom. The summed E-state index contributed by atoms with van der Waals surface area (Å²) < 4.78 is 16.4. The predicted octanol–water partition coefficient (Wildman–Crippen LogP) is -0.669. The van der Waals surface area contributed by atoms with E-state index in [1.165, 1.54) is 26.2 Å². The third-order valence-corrected chi connectivity index (χ3v) is 4.50. The molecule has 2 heterocycles. The van der Waals surface area contributed by atoms with Gasteiger partial charge in [0.2, 0.25) is 0 Å². The second kappa shape index (κ2) is 6.86. The lowest BCUT2D eigenvalue weighted by Gasteiger charge is -2.40. The number of benzene rings is 1. The van der Waals surface area contributed by atoms with Crippen molar-refractivity contribution in [2.75, 3.05) is 13.7 Å². The number of methoxy groups -OCH3 is 1. The van der Waals surface area contributed by atoms with Crippen molar-refractivity contribution in [1.29, 1.82) is 0 Å². The monoisotopic (exact) mass is 368 g/mol. The summed E-state index contributed by atoms with van der Waals surface area (Å²) >= 11 is 0. The molecule has 1 aliphatic heterocycles. The highest BCUT2D eigenvalue weighted by molar-refractivity contribution is 5.88. The molecule has 0 amide bonds. The van der Waals surface area contributed by atoms with E-state index in [4.69, 9.17) is 13.9 Å². The molecule has 1 aromatic carbocycles. The minimum absolute atomic E-state index is 0.0491. The van der Waals surface area contributed by atoms with Crippen LogP contribution in [0, 0.1) is 6.92 Å². The van der Waals surface area contributed by atoms with Gasteiger partial charge in [0.05, 0.1) is 19.3 Å². The lowest BCUT2D eigenvalue weighted by molar-refractivity contribution is -0.231. The van der Waals surface area contributed by atoms with Crippen molar-refractivity contribution in [3.63, 3.8) is 0 Å². The molecule has 1 fully saturated rings. The van der Waals surface area contributed by atoms with Crippen LogP contribution in [0.3, 0.4) is 0 Å². The quantitative estimate of drug-likeness (QED) is 0.475. The van der Waals surface area contributed by atoms with Gasteiger partial charge in [-0.25, -0.2) is 0 Å². The summed E-state index contributed by atoms with van der Waals surface area (Å²) in [5.41, 5.74) is -0.496. The molecule has 1 aliphatic rings. The summed E-state index contributed by atoms with van der Waals surface area (Å²) in [6, 6.07) is 2.37. The number of rotatable bonds is 3. The molecule has 1 saturated heterocycles. The minimum Gasteiger partial charge on any atom is -0.507 e. The van der Waals surface area contributed by atoms with E-state index in [2.05, 4.69) is 0 Å². The third kappa shape index (κ3) is 2.83. The number of hydrogen-bond donors (Lipinski definition) is 5. The van der Waals surface area contributed by atoms with Gasteiger partial charge in [-0.15, -0.1) is 0 Å². The standard InChI is InChI=1S/C17H20O9/c1-6-3-7(19)11-8(20)4-9(24-2)12(16(11)25-6)17-15(23)14(22)13(21)10(5-18)26-17/h3-4,10,13-15,17-18,20-23H,5H2,1-2H3/t10-,13-,14+,15-,17+/m0/s1. The molecule has 0 saturated carbocycles. The molecule has 0 unspecified atom stereocenters. The number of aromatic hydroxyl groups is 1. The zero-order valence-corrected chi connectivity index (χ0v) is 14.1. The van der Waals surface area contributed by atoms with Crippen LogP contribution in [0.1, 0.15) is 17.4 Å². The van der Waals surface area contributed by atoms with Crippen LogP contribution in [-0.2, 0) is 4.74 Å². The predicted molar refractivity (Wildman–Crippen MR) is 88.2 cm³/mol. The second-order valence-electron chi connectivity index (χ2n) is 6.19. The minimum atomic E-state index is -1.61. The molecule has 2 aromatic rings. The molecule has 0 spiro atoms. The Hall–Kier alpha value is -2.17. The molecule has 5 N–H and O–H groups in total. The SMILES string of the molecule is COc1cc(O)c2c(=O)cc(C)oc2c1[C@H]1O[C@@H](CO)[C@H](O)[C@@H](O)[C@@H]1O. The number of aliphatic hydroxyl groups is 4. The highest BCUT2D eigenvalue weighted by atomic mass is 16.5. The van der Waals surface area contributed by atoms with Crippen molar-refractivity contribution < 1.29 is 39.4 Å². The lowest BCUT2D eigenvalue weighted by atomic mass is 9.89. The molecule has 1 aromatic heterocycles. The van der Waals surface area contributed by atoms with E-state index in [1.807, 2.05) is 0 Å². The van der Waals surface area contributed by atoms with Crippen LogP contribution in [0.25, 0.3) is 11.0 Å². The average Bonchev–Trinajstić information content (AvgIpc) is 2.59. The Balaban J connectivity index is 2.29. The fourth-order valence-electron chi connectivity index (χ4n) is 3.21. The van der Waals surface area contributed by atoms with Crippen LogP contribution in [-0.4, -0.2) is 63.7 Å². The normalized spacial score (nSPS) is 29.1. The van der Waals surface area contributed by atoms with Crippen molar-refractivity contribution in [2.45, 2.75) is 37.4 Å². The maximum atomic E-state index is 12.3. The first-order valence-electron chi connectivity index (χ1n) is 7.95. The molecule has 0 bridgehead atoms. The van der Waals surface area contributed by atoms with Crippen molar-refractivity contribution in [1.82, 2.24) is 0 Å². The Morgan fingerprint density at radius 3 is 2.46 bits per heavy atom. The summed E-state index contributed by atoms with van der Waals surface area (Å²) in [7, 11) is 1.31. The molecular formula is C17H20O9. The first-order valence-corrected chi connectivity index (χ1v) is 7.95. The number of phenols is 1. The van der Waals surface area contributed by atoms with Gasteiger partial charge in [-0.2, -0.15) is 0 Å². The van der Waals surface area contributed by atoms with Crippen molar-refractivity contribution in [3.05, 3.63) is 33.7 Å². The Morgan fingerprint density at radius 2 is 1.85 bits per heavy atom. The van der Waals surface area contributed by atoms with Gasteiger partial charge in [0.15, 0.2) is 11.0 Å². The van der Waals surface area contributed by atoms with Crippen LogP contribution in [0.15, 0.2) is 21.3 Å². The average molecular weight is 368 g/mol. The number of ether oxygens (including phenoxy) is 2. The van der Waals surface area contributed by atoms with E-state index in [1.54, 1.807) is 0 Å². The first kappa shape index (κ1) is 18.6. The summed E-state index contributed by atoms with van der Waals surface area (Å²) in [4.78, 5) is 12.3. The fourth-order valence-corrected chi connectivity index (χ4v) is 3.21. The molecule has 26 heavy (non-hydrogen) atoms. The zero-order valence-electron chi connectivity index (χ0n) is 14.1. The van der Waals surface area contributed by atoms with E-state index >= 15 is 0 Å². The highest BCUT2D eigenvalue weighted by Gasteiger charge is 2.46. The maximum absolute atomic E-state index is 12.3. The summed E-state index contributed by atoms with van der Waals surface area (Å²) in [6.45, 7) is 0.928. The van der Waals surface area contributed by atoms with E-state index in [0.29, 0.717) is 0 Å². The Labute approximate surface area is 147 Å². The van der Waals surface area contributed by atoms with Gasteiger partial charge in [0, 0.05) is 12.1 Å². The van der Waals surface area contributed by atoms with E-state index in [0.717, 1.165) is 0 Å². The molecule has 5 atom stereocenters. The second-order valence-corrected chi connectivity index (χ2v) is 6.19. The van der Waals surface area contributed by atoms with Crippen LogP contribution in [0.2, 0.25) is 0 Å². The smallest absolute Gasteiger partial charge is 0.196 e. The van der Waals surface area contributed by atoms with Gasteiger partial charge in [-0.3, -0.25) is 4.79 Å². The first-order chi connectivity index (χ1) is 12.3. The summed E-state index contributed by atoms with van der Waals surface area (Å²) in [5.74, 6) is -0.0759. The van der Waals surface area contributed by atoms with Gasteiger partial charge in [0.1, 0.15) is 53.2 Å². The molecule has 0 aliphatic carbocycles. The number of aliphatic hydroxyl groups excluding tert-OH is 4. The van der Waals surface area contributed by atoms with Crippen LogP contribution < -0.4 is 10.2 Å². The summed E-state index contributed by atoms with van der Waals surface area (Å²) in [5, 5.41) is 49.8. The zero-order chi connectivity index (χ0) is 19.2. The summed E-state index contributed by atoms with van der Waals surface area (Å²) in [6.07, 6.45) is -7.18. The van der Waals surface area contributed by atoms with E-state index < -0.39 is 42.6 Å². The lowest BCUT2D eigenvalue weighted by Crippen LogP contribution is -2.55. The van der Waals surface area contributed by atoms with Crippen molar-refractivity contribution in [3.8, 4) is 11.5 Å². The molecule has 142 valence electrons. The van der Waals surface area contributed by atoms with Crippen molar-refractivity contribution in [2.24, 2.45) is 0 Å². The Bertz CT molecular complexity index is 873. The van der Waals surface area contributed by atoms with Gasteiger partial charge < -0.3 is 39.4 Å². The number of hydrogen-bond acceptors (Lipinski definition) is 9. The molecular weight excluding hydrogens is 348 g/mol. The van der Waals surface area contributed by atoms with E-state index in [-0.39, 0.29) is 33.8 Å². The molecule has 9 nitrogen and oxygen atoms in total. The van der Waals surface area contributed by atoms with Crippen LogP contribution >= 0.6 is 0 Å². The molecule has 9 heteroatoms. The van der Waals surface area contributed by atoms with Gasteiger partial charge in [-0.05, 0) is 6.92 Å². The third-order valence-electron chi connectivity index (χ3n) is 4.50.